The topological polar surface area (TPSA) is 99.9 Å². The van der Waals surface area contributed by atoms with E-state index in [0.717, 1.165) is 16.8 Å². The Kier molecular flexibility index (Phi) is 3.87. The average Bonchev–Trinajstić information content (AvgIpc) is 3.01. The zero-order valence-corrected chi connectivity index (χ0v) is 12.4. The molecule has 0 fully saturated rings. The van der Waals surface area contributed by atoms with Gasteiger partial charge in [0.25, 0.3) is 0 Å². The van der Waals surface area contributed by atoms with Crippen LogP contribution in [0, 0.1) is 10.1 Å². The number of hydrogen-bond donors (Lipinski definition) is 1. The molecule has 0 saturated carbocycles. The predicted molar refractivity (Wildman–Crippen MR) is 82.9 cm³/mol. The van der Waals surface area contributed by atoms with Crippen LogP contribution in [0.1, 0.15) is 5.69 Å². The zero-order valence-electron chi connectivity index (χ0n) is 12.4. The quantitative estimate of drug-likeness (QED) is 0.577. The van der Waals surface area contributed by atoms with Crippen molar-refractivity contribution in [1.82, 2.24) is 14.8 Å². The smallest absolute Gasteiger partial charge is 0.378 e. The lowest BCUT2D eigenvalue weighted by atomic mass is 10.1. The molecule has 0 unspecified atom stereocenters. The Morgan fingerprint density at radius 2 is 1.84 bits per heavy atom. The lowest BCUT2D eigenvalue weighted by Crippen LogP contribution is -2.07. The van der Waals surface area contributed by atoms with Gasteiger partial charge in [-0.2, -0.15) is 18.3 Å². The fraction of sp³-hybridized carbons (Fsp3) is 0.0667. The van der Waals surface area contributed by atoms with Gasteiger partial charge >= 0.3 is 11.9 Å². The van der Waals surface area contributed by atoms with E-state index < -0.39 is 22.5 Å². The fourth-order valence-corrected chi connectivity index (χ4v) is 2.24. The predicted octanol–water partition coefficient (Wildman–Crippen LogP) is 3.44. The normalized spacial score (nSPS) is 11.5. The van der Waals surface area contributed by atoms with E-state index in [9.17, 15) is 23.3 Å². The highest BCUT2D eigenvalue weighted by atomic mass is 19.4. The molecule has 0 aliphatic heterocycles. The van der Waals surface area contributed by atoms with Crippen LogP contribution in [0.15, 0.2) is 48.7 Å². The number of halogens is 3. The highest BCUT2D eigenvalue weighted by Crippen LogP contribution is 2.34. The number of rotatable bonds is 3. The van der Waals surface area contributed by atoms with Crippen LogP contribution in [-0.4, -0.2) is 19.7 Å². The number of hydrogen-bond acceptors (Lipinski definition) is 5. The first kappa shape index (κ1) is 16.4. The Morgan fingerprint density at radius 1 is 1.16 bits per heavy atom. The molecular formula is C15H10F3N5O2. The molecule has 2 heterocycles. The number of nitro groups is 1. The van der Waals surface area contributed by atoms with Crippen LogP contribution in [0.25, 0.3) is 16.9 Å². The van der Waals surface area contributed by atoms with Gasteiger partial charge in [0.15, 0.2) is 5.69 Å². The SMILES string of the molecule is Nc1ncc(-c2cc(C(F)(F)F)nn2-c2ccccc2)cc1[N+](=O)[O-]. The van der Waals surface area contributed by atoms with E-state index in [4.69, 9.17) is 5.73 Å². The summed E-state index contributed by atoms with van der Waals surface area (Å²) in [6.07, 6.45) is -3.50. The van der Waals surface area contributed by atoms with Crippen molar-refractivity contribution in [1.29, 1.82) is 0 Å². The highest BCUT2D eigenvalue weighted by Gasteiger charge is 2.35. The van der Waals surface area contributed by atoms with Gasteiger partial charge in [-0.05, 0) is 18.2 Å². The number of para-hydroxylation sites is 1. The van der Waals surface area contributed by atoms with Crippen molar-refractivity contribution >= 4 is 11.5 Å². The van der Waals surface area contributed by atoms with Gasteiger partial charge < -0.3 is 5.73 Å². The summed E-state index contributed by atoms with van der Waals surface area (Å²) in [6.45, 7) is 0. The summed E-state index contributed by atoms with van der Waals surface area (Å²) in [5.41, 5.74) is 4.29. The summed E-state index contributed by atoms with van der Waals surface area (Å²) in [4.78, 5) is 14.0. The lowest BCUT2D eigenvalue weighted by molar-refractivity contribution is -0.384. The first-order valence-corrected chi connectivity index (χ1v) is 6.90. The number of anilines is 1. The molecule has 2 N–H and O–H groups in total. The molecule has 25 heavy (non-hydrogen) atoms. The molecule has 2 aromatic heterocycles. The Hall–Kier alpha value is -3.43. The minimum absolute atomic E-state index is 0.00845. The molecule has 128 valence electrons. The Morgan fingerprint density at radius 3 is 2.44 bits per heavy atom. The third-order valence-electron chi connectivity index (χ3n) is 3.39. The second-order valence-corrected chi connectivity index (χ2v) is 5.05. The second kappa shape index (κ2) is 5.89. The maximum Gasteiger partial charge on any atom is 0.435 e. The van der Waals surface area contributed by atoms with Crippen LogP contribution in [0.2, 0.25) is 0 Å². The number of nitrogens with two attached hydrogens (primary N) is 1. The van der Waals surface area contributed by atoms with E-state index in [0.29, 0.717) is 5.69 Å². The van der Waals surface area contributed by atoms with Crippen LogP contribution < -0.4 is 5.73 Å². The molecule has 0 spiro atoms. The van der Waals surface area contributed by atoms with Crippen LogP contribution >= 0.6 is 0 Å². The molecule has 7 nitrogen and oxygen atoms in total. The molecule has 10 heteroatoms. The fourth-order valence-electron chi connectivity index (χ4n) is 2.24. The van der Waals surface area contributed by atoms with Gasteiger partial charge in [0.2, 0.25) is 5.82 Å². The molecule has 3 aromatic rings. The minimum atomic E-state index is -4.66. The van der Waals surface area contributed by atoms with E-state index in [2.05, 4.69) is 10.1 Å². The van der Waals surface area contributed by atoms with E-state index >= 15 is 0 Å². The standard InChI is InChI=1S/C15H10F3N5O2/c16-15(17,18)13-7-11(22(21-13)10-4-2-1-3-5-10)9-6-12(23(24)25)14(19)20-8-9/h1-8H,(H2,19,20). The molecule has 0 saturated heterocycles. The van der Waals surface area contributed by atoms with Gasteiger partial charge in [-0.1, -0.05) is 18.2 Å². The van der Waals surface area contributed by atoms with Gasteiger partial charge in [0.05, 0.1) is 16.3 Å². The van der Waals surface area contributed by atoms with Gasteiger partial charge in [0, 0.05) is 17.8 Å². The molecule has 0 aliphatic rings. The van der Waals surface area contributed by atoms with Crippen LogP contribution in [0.4, 0.5) is 24.7 Å². The van der Waals surface area contributed by atoms with Crippen molar-refractivity contribution in [2.45, 2.75) is 6.18 Å². The van der Waals surface area contributed by atoms with Crippen LogP contribution in [0.5, 0.6) is 0 Å². The molecule has 0 bridgehead atoms. The van der Waals surface area contributed by atoms with Crippen molar-refractivity contribution in [3.63, 3.8) is 0 Å². The monoisotopic (exact) mass is 349 g/mol. The average molecular weight is 349 g/mol. The summed E-state index contributed by atoms with van der Waals surface area (Å²) in [7, 11) is 0. The third-order valence-corrected chi connectivity index (χ3v) is 3.39. The van der Waals surface area contributed by atoms with Crippen LogP contribution in [0.3, 0.4) is 0 Å². The summed E-state index contributed by atoms with van der Waals surface area (Å²) in [6, 6.07) is 9.98. The van der Waals surface area contributed by atoms with Crippen molar-refractivity contribution in [3.8, 4) is 16.9 Å². The van der Waals surface area contributed by atoms with Gasteiger partial charge in [-0.3, -0.25) is 10.1 Å². The van der Waals surface area contributed by atoms with Crippen molar-refractivity contribution in [2.75, 3.05) is 5.73 Å². The van der Waals surface area contributed by atoms with Crippen molar-refractivity contribution < 1.29 is 18.1 Å². The summed E-state index contributed by atoms with van der Waals surface area (Å²) in [5, 5.41) is 14.6. The molecule has 0 radical (unpaired) electrons. The summed E-state index contributed by atoms with van der Waals surface area (Å²) >= 11 is 0. The largest absolute Gasteiger partial charge is 0.435 e. The third kappa shape index (κ3) is 3.13. The Balaban J connectivity index is 2.23. The van der Waals surface area contributed by atoms with Crippen LogP contribution in [-0.2, 0) is 6.18 Å². The molecule has 0 amide bonds. The lowest BCUT2D eigenvalue weighted by Gasteiger charge is -2.07. The van der Waals surface area contributed by atoms with E-state index in [1.54, 1.807) is 30.3 Å². The second-order valence-electron chi connectivity index (χ2n) is 5.05. The van der Waals surface area contributed by atoms with Crippen molar-refractivity contribution in [3.05, 3.63) is 64.5 Å². The minimum Gasteiger partial charge on any atom is -0.378 e. The number of alkyl halides is 3. The van der Waals surface area contributed by atoms with Gasteiger partial charge in [0.1, 0.15) is 0 Å². The number of benzene rings is 1. The first-order valence-electron chi connectivity index (χ1n) is 6.90. The summed E-state index contributed by atoms with van der Waals surface area (Å²) in [5.74, 6) is -0.324. The summed E-state index contributed by atoms with van der Waals surface area (Å²) < 4.78 is 40.2. The molecule has 0 aliphatic carbocycles. The van der Waals surface area contributed by atoms with Gasteiger partial charge in [-0.15, -0.1) is 0 Å². The number of aromatic nitrogens is 3. The number of pyridine rings is 1. The number of nitrogens with zero attached hydrogens (tertiary/aromatic N) is 4. The Bertz CT molecular complexity index is 938. The van der Waals surface area contributed by atoms with Crippen molar-refractivity contribution in [2.24, 2.45) is 0 Å². The maximum absolute atomic E-state index is 13.1. The molecule has 3 rings (SSSR count). The van der Waals surface area contributed by atoms with E-state index in [-0.39, 0.29) is 17.1 Å². The zero-order chi connectivity index (χ0) is 18.2. The van der Waals surface area contributed by atoms with E-state index in [1.807, 2.05) is 0 Å². The molecular weight excluding hydrogens is 339 g/mol. The van der Waals surface area contributed by atoms with E-state index in [1.165, 1.54) is 6.20 Å². The number of nitrogen functional groups attached to an aromatic ring is 1. The Labute approximate surface area is 138 Å². The first-order chi connectivity index (χ1) is 11.8. The highest BCUT2D eigenvalue weighted by molar-refractivity contribution is 5.68. The maximum atomic E-state index is 13.1. The molecule has 0 atom stereocenters. The molecule has 1 aromatic carbocycles. The van der Waals surface area contributed by atoms with Gasteiger partial charge in [-0.25, -0.2) is 9.67 Å².